The number of aliphatic hydroxyl groups is 2. The van der Waals surface area contributed by atoms with Crippen LogP contribution in [0.5, 0.6) is 0 Å². The zero-order chi connectivity index (χ0) is 15.4. The SMILES string of the molecule is OC1CCCCC1Nc1cccc(NC2CCCCC2O)n1. The number of aliphatic hydroxyl groups excluding tert-OH is 2. The number of hydrogen-bond acceptors (Lipinski definition) is 5. The van der Waals surface area contributed by atoms with Crippen molar-refractivity contribution in [3.8, 4) is 0 Å². The Balaban J connectivity index is 1.62. The molecule has 0 aromatic carbocycles. The van der Waals surface area contributed by atoms with Crippen molar-refractivity contribution in [3.63, 3.8) is 0 Å². The van der Waals surface area contributed by atoms with Gasteiger partial charge in [0.15, 0.2) is 0 Å². The largest absolute Gasteiger partial charge is 0.391 e. The standard InChI is InChI=1S/C17H27N3O2/c21-14-8-3-1-6-12(14)18-16-10-5-11-17(20-16)19-13-7-2-4-9-15(13)22/h5,10-15,21-22H,1-4,6-9H2,(H2,18,19,20). The van der Waals surface area contributed by atoms with Gasteiger partial charge in [-0.25, -0.2) is 4.98 Å². The van der Waals surface area contributed by atoms with Crippen molar-refractivity contribution in [2.24, 2.45) is 0 Å². The first kappa shape index (κ1) is 15.6. The maximum absolute atomic E-state index is 10.1. The highest BCUT2D eigenvalue weighted by molar-refractivity contribution is 5.46. The fraction of sp³-hybridized carbons (Fsp3) is 0.706. The Kier molecular flexibility index (Phi) is 5.16. The highest BCUT2D eigenvalue weighted by atomic mass is 16.3. The Hall–Kier alpha value is -1.33. The summed E-state index contributed by atoms with van der Waals surface area (Å²) in [5.74, 6) is 1.59. The molecule has 0 bridgehead atoms. The number of rotatable bonds is 4. The Morgan fingerprint density at radius 2 is 1.23 bits per heavy atom. The van der Waals surface area contributed by atoms with Gasteiger partial charge in [-0.05, 0) is 37.8 Å². The quantitative estimate of drug-likeness (QED) is 0.687. The molecule has 2 aliphatic carbocycles. The number of anilines is 2. The molecule has 122 valence electrons. The maximum Gasteiger partial charge on any atom is 0.128 e. The molecule has 3 rings (SSSR count). The number of hydrogen-bond donors (Lipinski definition) is 4. The lowest BCUT2D eigenvalue weighted by molar-refractivity contribution is 0.116. The van der Waals surface area contributed by atoms with E-state index >= 15 is 0 Å². The lowest BCUT2D eigenvalue weighted by Gasteiger charge is -2.30. The van der Waals surface area contributed by atoms with Crippen LogP contribution in [0.3, 0.4) is 0 Å². The van der Waals surface area contributed by atoms with Crippen LogP contribution >= 0.6 is 0 Å². The second-order valence-electron chi connectivity index (χ2n) is 6.61. The zero-order valence-electron chi connectivity index (χ0n) is 13.0. The predicted molar refractivity (Wildman–Crippen MR) is 88.0 cm³/mol. The molecular formula is C17H27N3O2. The summed E-state index contributed by atoms with van der Waals surface area (Å²) >= 11 is 0. The Morgan fingerprint density at radius 1 is 0.773 bits per heavy atom. The van der Waals surface area contributed by atoms with Gasteiger partial charge in [-0.1, -0.05) is 31.7 Å². The molecule has 4 N–H and O–H groups in total. The molecule has 0 spiro atoms. The average Bonchev–Trinajstić information content (AvgIpc) is 2.52. The molecule has 1 heterocycles. The summed E-state index contributed by atoms with van der Waals surface area (Å²) in [5.41, 5.74) is 0. The zero-order valence-corrected chi connectivity index (χ0v) is 13.0. The van der Waals surface area contributed by atoms with E-state index in [0.29, 0.717) is 0 Å². The van der Waals surface area contributed by atoms with E-state index in [0.717, 1.165) is 63.0 Å². The van der Waals surface area contributed by atoms with Gasteiger partial charge >= 0.3 is 0 Å². The van der Waals surface area contributed by atoms with Gasteiger partial charge in [0.1, 0.15) is 11.6 Å². The van der Waals surface area contributed by atoms with Crippen molar-refractivity contribution in [1.29, 1.82) is 0 Å². The second kappa shape index (κ2) is 7.29. The van der Waals surface area contributed by atoms with E-state index in [1.807, 2.05) is 18.2 Å². The minimum absolute atomic E-state index is 0.0942. The Bertz CT molecular complexity index is 443. The van der Waals surface area contributed by atoms with E-state index in [1.54, 1.807) is 0 Å². The monoisotopic (exact) mass is 305 g/mol. The van der Waals surface area contributed by atoms with Crippen molar-refractivity contribution in [1.82, 2.24) is 4.98 Å². The van der Waals surface area contributed by atoms with Crippen molar-refractivity contribution in [2.45, 2.75) is 75.7 Å². The first-order valence-electron chi connectivity index (χ1n) is 8.58. The third-order valence-electron chi connectivity index (χ3n) is 4.87. The first-order valence-corrected chi connectivity index (χ1v) is 8.58. The molecule has 5 heteroatoms. The fourth-order valence-electron chi connectivity index (χ4n) is 3.53. The molecule has 5 nitrogen and oxygen atoms in total. The van der Waals surface area contributed by atoms with Crippen molar-refractivity contribution < 1.29 is 10.2 Å². The summed E-state index contributed by atoms with van der Waals surface area (Å²) < 4.78 is 0. The molecule has 0 saturated heterocycles. The average molecular weight is 305 g/mol. The van der Waals surface area contributed by atoms with Crippen LogP contribution in [0.1, 0.15) is 51.4 Å². The lowest BCUT2D eigenvalue weighted by Crippen LogP contribution is -2.37. The highest BCUT2D eigenvalue weighted by Gasteiger charge is 2.24. The molecule has 4 unspecified atom stereocenters. The van der Waals surface area contributed by atoms with Gasteiger partial charge in [-0.15, -0.1) is 0 Å². The Morgan fingerprint density at radius 3 is 1.68 bits per heavy atom. The molecule has 22 heavy (non-hydrogen) atoms. The third kappa shape index (κ3) is 3.90. The van der Waals surface area contributed by atoms with E-state index in [-0.39, 0.29) is 24.3 Å². The summed E-state index contributed by atoms with van der Waals surface area (Å²) in [6, 6.07) is 6.02. The van der Waals surface area contributed by atoms with Gasteiger partial charge in [0.05, 0.1) is 24.3 Å². The summed E-state index contributed by atoms with van der Waals surface area (Å²) in [6.45, 7) is 0. The number of nitrogens with zero attached hydrogens (tertiary/aromatic N) is 1. The van der Waals surface area contributed by atoms with Crippen LogP contribution in [0.4, 0.5) is 11.6 Å². The summed E-state index contributed by atoms with van der Waals surface area (Å²) in [7, 11) is 0. The van der Waals surface area contributed by atoms with Gasteiger partial charge in [0.25, 0.3) is 0 Å². The van der Waals surface area contributed by atoms with Crippen molar-refractivity contribution >= 4 is 11.6 Å². The van der Waals surface area contributed by atoms with Crippen molar-refractivity contribution in [2.75, 3.05) is 10.6 Å². The van der Waals surface area contributed by atoms with Gasteiger partial charge in [-0.3, -0.25) is 0 Å². The summed E-state index contributed by atoms with van der Waals surface area (Å²) in [6.07, 6.45) is 7.65. The van der Waals surface area contributed by atoms with Crippen LogP contribution in [0.15, 0.2) is 18.2 Å². The van der Waals surface area contributed by atoms with Crippen LogP contribution in [0.25, 0.3) is 0 Å². The van der Waals surface area contributed by atoms with Gasteiger partial charge in [0.2, 0.25) is 0 Å². The van der Waals surface area contributed by atoms with Crippen LogP contribution in [0, 0.1) is 0 Å². The first-order chi connectivity index (χ1) is 10.7. The predicted octanol–water partition coefficient (Wildman–Crippen LogP) is 2.51. The highest BCUT2D eigenvalue weighted by Crippen LogP contribution is 2.24. The van der Waals surface area contributed by atoms with E-state index < -0.39 is 0 Å². The van der Waals surface area contributed by atoms with E-state index in [1.165, 1.54) is 0 Å². The van der Waals surface area contributed by atoms with Crippen LogP contribution in [-0.4, -0.2) is 39.5 Å². The summed E-state index contributed by atoms with van der Waals surface area (Å²) in [4.78, 5) is 4.59. The fourth-order valence-corrected chi connectivity index (χ4v) is 3.53. The Labute approximate surface area is 132 Å². The normalized spacial score (nSPS) is 32.5. The van der Waals surface area contributed by atoms with Crippen LogP contribution in [-0.2, 0) is 0 Å². The molecule has 2 saturated carbocycles. The lowest BCUT2D eigenvalue weighted by atomic mass is 9.92. The molecule has 1 aromatic rings. The summed E-state index contributed by atoms with van der Waals surface area (Å²) in [5, 5.41) is 26.8. The van der Waals surface area contributed by atoms with E-state index in [9.17, 15) is 10.2 Å². The second-order valence-corrected chi connectivity index (χ2v) is 6.61. The number of pyridine rings is 1. The maximum atomic E-state index is 10.1. The number of nitrogens with one attached hydrogen (secondary N) is 2. The van der Waals surface area contributed by atoms with Crippen molar-refractivity contribution in [3.05, 3.63) is 18.2 Å². The molecule has 2 fully saturated rings. The topological polar surface area (TPSA) is 77.4 Å². The third-order valence-corrected chi connectivity index (χ3v) is 4.87. The van der Waals surface area contributed by atoms with E-state index in [4.69, 9.17) is 0 Å². The van der Waals surface area contributed by atoms with Crippen LogP contribution in [0.2, 0.25) is 0 Å². The van der Waals surface area contributed by atoms with E-state index in [2.05, 4.69) is 15.6 Å². The minimum Gasteiger partial charge on any atom is -0.391 e. The minimum atomic E-state index is -0.285. The molecule has 0 amide bonds. The van der Waals surface area contributed by atoms with Gasteiger partial charge in [0, 0.05) is 0 Å². The molecule has 4 atom stereocenters. The van der Waals surface area contributed by atoms with Gasteiger partial charge in [-0.2, -0.15) is 0 Å². The molecule has 1 aromatic heterocycles. The molecule has 0 radical (unpaired) electrons. The molecule has 2 aliphatic rings. The molecular weight excluding hydrogens is 278 g/mol. The van der Waals surface area contributed by atoms with Gasteiger partial charge < -0.3 is 20.8 Å². The molecule has 0 aliphatic heterocycles. The van der Waals surface area contributed by atoms with Crippen LogP contribution < -0.4 is 10.6 Å². The number of aromatic nitrogens is 1. The smallest absolute Gasteiger partial charge is 0.128 e.